The van der Waals surface area contributed by atoms with Crippen molar-refractivity contribution in [2.45, 2.75) is 247 Å². The zero-order valence-electron chi connectivity index (χ0n) is 55.3. The van der Waals surface area contributed by atoms with E-state index in [0.717, 1.165) is 23.5 Å². The topological polar surface area (TPSA) is 665 Å². The fourth-order valence-electron chi connectivity index (χ4n) is 12.4. The molecule has 21 aliphatic heterocycles. The molecule has 0 aliphatic carbocycles. The van der Waals surface area contributed by atoms with E-state index in [4.69, 9.17) is 75.8 Å². The number of nitrogens with one attached hydrogen (secondary N) is 2. The van der Waals surface area contributed by atoms with Crippen molar-refractivity contribution >= 4 is 47.2 Å². The molecule has 14 unspecified atom stereocenters. The van der Waals surface area contributed by atoms with Gasteiger partial charge < -0.3 is 194 Å². The number of ketones is 1. The number of thioether (sulfide) groups is 2. The predicted molar refractivity (Wildman–Crippen MR) is 331 cm³/mol. The van der Waals surface area contributed by atoms with Crippen LogP contribution in [0.15, 0.2) is 0 Å². The lowest BCUT2D eigenvalue weighted by atomic mass is 9.95. The Morgan fingerprint density at radius 2 is 0.573 bits per heavy atom. The van der Waals surface area contributed by atoms with Gasteiger partial charge in [0.1, 0.15) is 177 Å². The van der Waals surface area contributed by atoms with Crippen LogP contribution in [0.5, 0.6) is 0 Å². The van der Waals surface area contributed by atoms with Crippen molar-refractivity contribution < 1.29 is 202 Å². The first-order valence-corrected chi connectivity index (χ1v) is 35.3. The average molecular weight is 1540 g/mol. The van der Waals surface area contributed by atoms with Crippen molar-refractivity contribution in [3.8, 4) is 0 Å². The fourth-order valence-corrected chi connectivity index (χ4v) is 14.7. The summed E-state index contributed by atoms with van der Waals surface area (Å²) >= 11 is 1.60. The minimum absolute atomic E-state index is 0.0368. The van der Waals surface area contributed by atoms with E-state index in [1.807, 2.05) is 0 Å². The maximum atomic E-state index is 12.9. The second-order valence-electron chi connectivity index (χ2n) is 25.4. The van der Waals surface area contributed by atoms with E-state index in [9.17, 15) is 126 Å². The molecule has 23 N–H and O–H groups in total. The first-order chi connectivity index (χ1) is 49.0. The van der Waals surface area contributed by atoms with E-state index in [0.29, 0.717) is 0 Å². The molecule has 45 heteroatoms. The number of amides is 1. The molecule has 21 heterocycles. The van der Waals surface area contributed by atoms with Crippen molar-refractivity contribution in [1.82, 2.24) is 10.6 Å². The minimum Gasteiger partial charge on any atom is -0.480 e. The van der Waals surface area contributed by atoms with E-state index < -0.39 is 289 Å². The summed E-state index contributed by atoms with van der Waals surface area (Å²) in [5, 5.41) is 242. The van der Waals surface area contributed by atoms with E-state index >= 15 is 0 Å². The Kier molecular flexibility index (Phi) is 33.2. The third-order valence-electron chi connectivity index (χ3n) is 18.3. The van der Waals surface area contributed by atoms with Gasteiger partial charge in [-0.15, -0.1) is 0 Å². The largest absolute Gasteiger partial charge is 0.480 e. The summed E-state index contributed by atoms with van der Waals surface area (Å²) in [6.07, 6.45) is -72.9. The number of Topliss-reactive ketones (excluding diaryl/α,β-unsaturated/α-hetero) is 1. The molecule has 21 aliphatic rings. The molecule has 21 fully saturated rings. The van der Waals surface area contributed by atoms with Gasteiger partial charge >= 0.3 is 11.9 Å². The number of aliphatic carboxylic acids is 2. The van der Waals surface area contributed by atoms with E-state index in [2.05, 4.69) is 10.6 Å². The van der Waals surface area contributed by atoms with Gasteiger partial charge in [0.2, 0.25) is 5.91 Å². The number of carbonyl (C=O) groups is 4. The Bertz CT molecular complexity index is 2620. The molecule has 596 valence electrons. The molecule has 43 nitrogen and oxygen atoms in total. The van der Waals surface area contributed by atoms with Gasteiger partial charge in [0.25, 0.3) is 0 Å². The zero-order chi connectivity index (χ0) is 75.4. The molecule has 0 radical (unpaired) electrons. The number of likely N-dealkylation sites (N-methyl/N-ethyl adjacent to an activating group) is 1. The predicted octanol–water partition coefficient (Wildman–Crippen LogP) is -14.1. The number of hydrogen-bond acceptors (Lipinski definition) is 42. The summed E-state index contributed by atoms with van der Waals surface area (Å²) in [6, 6.07) is -2.82. The molecule has 0 aromatic heterocycles. The van der Waals surface area contributed by atoms with Crippen LogP contribution in [-0.2, 0) is 95.0 Å². The van der Waals surface area contributed by atoms with Gasteiger partial charge in [0.15, 0.2) is 44.0 Å². The van der Waals surface area contributed by atoms with Crippen LogP contribution in [0.1, 0.15) is 19.8 Å². The Morgan fingerprint density at radius 3 is 0.806 bits per heavy atom. The first-order valence-electron chi connectivity index (χ1n) is 33.0. The standard InChI is InChI=1S/C58H96N2O41S2/c1-18(66)3-5-86-7-8-87-6-4-28(67)60-20(51(84)85)15-103-17-27-49-35(74)42(81)58(94-27)99-47-25(13-65)90-54(38(77)31(47)70)97-45-22(10-62)91-55(39(78)32(45)71)100-48-26(16-102-14-19(59-2)50(82)83)93-57(41(80)34(48)73)98-46-24(12-64)89-53(37(76)30(46)69)95-43-21(9-61)88-52(36(75)29(43)68)96-44-23(11-63)92-56(101-49)40(79)33(44)72/h19-27,29-49,52-59,61-65,68-81H,3-17H2,1-2H3,(H,60,67)(H,82,83)(H,84,85)/t19-,20-,21?,22?,23?,24?,25?,26?,27?,29-,30-,31-,32-,33-,34-,35-,36?,37?,38?,39?,40?,41?,42?,43-,44-,45-,46-,47-,48-,49-,52-,53-,54+,55+,56+,57+,58-/m1/s1. The van der Waals surface area contributed by atoms with E-state index in [-0.39, 0.29) is 56.6 Å². The summed E-state index contributed by atoms with van der Waals surface area (Å²) in [5.74, 6) is -5.22. The lowest BCUT2D eigenvalue weighted by molar-refractivity contribution is -0.395. The molecule has 0 aromatic rings. The second-order valence-corrected chi connectivity index (χ2v) is 27.6. The number of carboxylic acids is 2. The van der Waals surface area contributed by atoms with Gasteiger partial charge in [-0.2, -0.15) is 23.5 Å². The van der Waals surface area contributed by atoms with Crippen LogP contribution in [0.3, 0.4) is 0 Å². The van der Waals surface area contributed by atoms with Crippen LogP contribution < -0.4 is 10.6 Å². The Morgan fingerprint density at radius 1 is 0.340 bits per heavy atom. The number of ether oxygens (including phenoxy) is 16. The molecule has 0 spiro atoms. The minimum atomic E-state index is -2.32. The summed E-state index contributed by atoms with van der Waals surface area (Å²) in [5.41, 5.74) is 0. The first kappa shape index (κ1) is 85.9. The molecule has 21 rings (SSSR count). The monoisotopic (exact) mass is 1540 g/mol. The van der Waals surface area contributed by atoms with Crippen LogP contribution >= 0.6 is 23.5 Å². The smallest absolute Gasteiger partial charge is 0.327 e. The maximum Gasteiger partial charge on any atom is 0.327 e. The highest BCUT2D eigenvalue weighted by Crippen LogP contribution is 2.40. The van der Waals surface area contributed by atoms with Crippen molar-refractivity contribution in [2.75, 3.05) is 89.5 Å². The fraction of sp³-hybridized carbons (Fsp3) is 0.931. The quantitative estimate of drug-likeness (QED) is 0.0358. The summed E-state index contributed by atoms with van der Waals surface area (Å²) in [4.78, 5) is 48.5. The van der Waals surface area contributed by atoms with Gasteiger partial charge in [0.05, 0.1) is 71.7 Å². The van der Waals surface area contributed by atoms with Gasteiger partial charge in [-0.25, -0.2) is 4.79 Å². The number of hydrogen-bond donors (Lipinski definition) is 23. The van der Waals surface area contributed by atoms with Crippen LogP contribution in [0.2, 0.25) is 0 Å². The molecule has 21 saturated heterocycles. The zero-order valence-corrected chi connectivity index (χ0v) is 57.0. The lowest BCUT2D eigenvalue weighted by Crippen LogP contribution is -2.68. The summed E-state index contributed by atoms with van der Waals surface area (Å²) < 4.78 is 93.1. The number of aliphatic hydroxyl groups is 19. The second kappa shape index (κ2) is 39.8. The molecule has 103 heavy (non-hydrogen) atoms. The SMILES string of the molecule is CN[C@H](CSCC1O[C@H]2O[C@@H]3C(CO)O[C@H](O[C@@H]4C(CO)O[C@H](O[C@@H]5C(CO)O[C@@H](O[C@@H]6C(CSC[C@@H](NC(=O)CCOCCOCCC(C)=O)C(=O)O)O[C@H](O[C@@H]7C(CO)O[C@@H](O[C@@H]8C(CO)O[C@@H](O[C@H]1[C@H](O)C2O)C(O)[C@H]8O)C(O)[C@H]7O)C(O)[C@H]6O)C(O)[C@H]5O)C(O)[C@H]4O)C(O)[C@H]3O)C(=O)O. The van der Waals surface area contributed by atoms with Crippen LogP contribution in [0.25, 0.3) is 0 Å². The molecule has 0 saturated carbocycles. The number of carboxylic acid groups (broad SMARTS) is 2. The van der Waals surface area contributed by atoms with Crippen LogP contribution in [0, 0.1) is 0 Å². The van der Waals surface area contributed by atoms with Gasteiger partial charge in [-0.3, -0.25) is 14.4 Å². The molecule has 1 amide bonds. The molecular weight excluding hydrogens is 1440 g/mol. The van der Waals surface area contributed by atoms with Crippen molar-refractivity contribution in [3.63, 3.8) is 0 Å². The third kappa shape index (κ3) is 20.9. The third-order valence-corrected chi connectivity index (χ3v) is 20.5. The van der Waals surface area contributed by atoms with Crippen LogP contribution in [0.4, 0.5) is 0 Å². The number of rotatable bonds is 26. The highest BCUT2D eigenvalue weighted by atomic mass is 32.2. The molecule has 37 atom stereocenters. The number of aliphatic hydroxyl groups excluding tert-OH is 19. The Balaban J connectivity index is 1.08. The summed E-state index contributed by atoms with van der Waals surface area (Å²) in [6.45, 7) is -4.06. The molecule has 0 aromatic carbocycles. The lowest BCUT2D eigenvalue weighted by Gasteiger charge is -2.50. The van der Waals surface area contributed by atoms with Gasteiger partial charge in [-0.1, -0.05) is 0 Å². The molecule has 14 bridgehead atoms. The summed E-state index contributed by atoms with van der Waals surface area (Å²) in [7, 11) is 1.35. The number of carbonyl (C=O) groups excluding carboxylic acids is 2. The van der Waals surface area contributed by atoms with Gasteiger partial charge in [-0.05, 0) is 14.0 Å². The van der Waals surface area contributed by atoms with E-state index in [1.54, 1.807) is 0 Å². The highest BCUT2D eigenvalue weighted by Gasteiger charge is 2.60. The average Bonchev–Trinajstić information content (AvgIpc) is 0.785. The highest BCUT2D eigenvalue weighted by molar-refractivity contribution is 7.99. The van der Waals surface area contributed by atoms with Crippen molar-refractivity contribution in [2.24, 2.45) is 0 Å². The van der Waals surface area contributed by atoms with E-state index in [1.165, 1.54) is 14.0 Å². The Hall–Kier alpha value is -2.66. The van der Waals surface area contributed by atoms with Gasteiger partial charge in [0, 0.05) is 35.9 Å². The van der Waals surface area contributed by atoms with Crippen molar-refractivity contribution in [3.05, 3.63) is 0 Å². The maximum absolute atomic E-state index is 12.9. The Labute approximate surface area is 594 Å². The normalized spacial score (nSPS) is 44.8. The van der Waals surface area contributed by atoms with Crippen LogP contribution in [-0.4, -0.2) is 447 Å². The molecular formula is C58H96N2O41S2. The van der Waals surface area contributed by atoms with Crippen molar-refractivity contribution in [1.29, 1.82) is 0 Å².